The first-order valence-electron chi connectivity index (χ1n) is 7.49. The molecule has 1 aromatic heterocycles. The van der Waals surface area contributed by atoms with E-state index >= 15 is 0 Å². The molecular formula is C15H18ClFN2O6. The molecule has 25 heavy (non-hydrogen) atoms. The first-order chi connectivity index (χ1) is 11.5. The molecule has 8 nitrogen and oxygen atoms in total. The highest BCUT2D eigenvalue weighted by molar-refractivity contribution is 6.29. The van der Waals surface area contributed by atoms with Crippen LogP contribution in [0.5, 0.6) is 0 Å². The van der Waals surface area contributed by atoms with Gasteiger partial charge in [-0.05, 0) is 19.9 Å². The van der Waals surface area contributed by atoms with Crippen molar-refractivity contribution >= 4 is 17.6 Å². The summed E-state index contributed by atoms with van der Waals surface area (Å²) in [5, 5.41) is 20.8. The smallest absolute Gasteiger partial charge is 0.303 e. The zero-order valence-electron chi connectivity index (χ0n) is 13.9. The molecule has 0 amide bonds. The van der Waals surface area contributed by atoms with Gasteiger partial charge in [0.15, 0.2) is 11.0 Å². The average Bonchev–Trinajstić information content (AvgIpc) is 2.82. The van der Waals surface area contributed by atoms with Crippen LogP contribution in [-0.2, 0) is 25.5 Å². The summed E-state index contributed by atoms with van der Waals surface area (Å²) in [6.45, 7) is 3.17. The van der Waals surface area contributed by atoms with Crippen LogP contribution >= 0.6 is 11.6 Å². The van der Waals surface area contributed by atoms with Crippen molar-refractivity contribution in [2.45, 2.75) is 44.5 Å². The minimum absolute atomic E-state index is 0.0727. The largest absolute Gasteiger partial charge is 0.459 e. The van der Waals surface area contributed by atoms with Gasteiger partial charge in [0.05, 0.1) is 17.9 Å². The summed E-state index contributed by atoms with van der Waals surface area (Å²) in [7, 11) is 0. The Bertz CT molecular complexity index is 708. The second-order valence-corrected chi connectivity index (χ2v) is 6.69. The number of esters is 1. The highest BCUT2D eigenvalue weighted by Gasteiger charge is 2.54. The predicted molar refractivity (Wildman–Crippen MR) is 84.1 cm³/mol. The monoisotopic (exact) mass is 376 g/mol. The molecule has 0 aromatic carbocycles. The van der Waals surface area contributed by atoms with Gasteiger partial charge in [-0.1, -0.05) is 11.6 Å². The topological polar surface area (TPSA) is 112 Å². The fraction of sp³-hybridized carbons (Fsp3) is 0.600. The van der Waals surface area contributed by atoms with Crippen molar-refractivity contribution in [3.05, 3.63) is 38.4 Å². The highest BCUT2D eigenvalue weighted by Crippen LogP contribution is 2.40. The maximum absolute atomic E-state index is 14.2. The average molecular weight is 377 g/mol. The zero-order chi connectivity index (χ0) is 19.0. The Morgan fingerprint density at radius 3 is 2.84 bits per heavy atom. The van der Waals surface area contributed by atoms with Crippen molar-refractivity contribution in [2.24, 2.45) is 0 Å². The van der Waals surface area contributed by atoms with Gasteiger partial charge >= 0.3 is 5.97 Å². The van der Waals surface area contributed by atoms with Crippen LogP contribution in [0.2, 0.25) is 5.15 Å². The number of halogens is 2. The third kappa shape index (κ3) is 3.88. The molecule has 1 aromatic rings. The minimum atomic E-state index is -1.72. The van der Waals surface area contributed by atoms with Crippen LogP contribution in [0.4, 0.5) is 4.39 Å². The molecule has 1 N–H and O–H groups in total. The molecule has 2 unspecified atom stereocenters. The fourth-order valence-corrected chi connectivity index (χ4v) is 3.04. The van der Waals surface area contributed by atoms with E-state index in [9.17, 15) is 24.4 Å². The molecule has 0 aliphatic carbocycles. The number of nitro groups is 1. The van der Waals surface area contributed by atoms with E-state index in [1.54, 1.807) is 0 Å². The van der Waals surface area contributed by atoms with Crippen molar-refractivity contribution in [3.8, 4) is 0 Å². The van der Waals surface area contributed by atoms with E-state index in [1.165, 1.54) is 20.8 Å². The number of aliphatic hydroxyl groups is 1. The van der Waals surface area contributed by atoms with E-state index in [2.05, 4.69) is 4.98 Å². The highest BCUT2D eigenvalue weighted by atomic mass is 35.5. The molecule has 2 atom stereocenters. The van der Waals surface area contributed by atoms with Crippen molar-refractivity contribution < 1.29 is 28.7 Å². The molecule has 0 saturated carbocycles. The number of nitrogens with zero attached hydrogens (tertiary/aromatic N) is 2. The van der Waals surface area contributed by atoms with Gasteiger partial charge in [0, 0.05) is 23.8 Å². The fourth-order valence-electron chi connectivity index (χ4n) is 2.85. The van der Waals surface area contributed by atoms with Crippen molar-refractivity contribution in [2.75, 3.05) is 13.2 Å². The number of aromatic nitrogens is 1. The van der Waals surface area contributed by atoms with Crippen LogP contribution in [0.3, 0.4) is 0 Å². The van der Waals surface area contributed by atoms with Crippen LogP contribution in [-0.4, -0.2) is 40.2 Å². The number of carbonyl (C=O) groups is 1. The lowest BCUT2D eigenvalue weighted by Crippen LogP contribution is -2.46. The van der Waals surface area contributed by atoms with Gasteiger partial charge in [0.1, 0.15) is 6.10 Å². The number of pyridine rings is 1. The van der Waals surface area contributed by atoms with Gasteiger partial charge < -0.3 is 14.6 Å². The lowest BCUT2D eigenvalue weighted by Gasteiger charge is -2.31. The molecule has 138 valence electrons. The van der Waals surface area contributed by atoms with Gasteiger partial charge in [-0.2, -0.15) is 0 Å². The number of hydrogen-bond acceptors (Lipinski definition) is 7. The van der Waals surface area contributed by atoms with Crippen LogP contribution in [0.15, 0.2) is 6.07 Å². The Balaban J connectivity index is 2.65. The minimum Gasteiger partial charge on any atom is -0.459 e. The maximum atomic E-state index is 14.2. The summed E-state index contributed by atoms with van der Waals surface area (Å²) in [6, 6.07) is 1.16. The van der Waals surface area contributed by atoms with Gasteiger partial charge in [0.2, 0.25) is 12.1 Å². The molecule has 0 bridgehead atoms. The summed E-state index contributed by atoms with van der Waals surface area (Å²) in [6.07, 6.45) is -0.777. The SMILES string of the molecule is CC(=O)OC1CCOC1(C[N+](=O)[O-])c1cc(C(C)(C)O)c(F)c(Cl)n1. The zero-order valence-corrected chi connectivity index (χ0v) is 14.7. The van der Waals surface area contributed by atoms with Gasteiger partial charge in [-0.25, -0.2) is 9.37 Å². The Morgan fingerprint density at radius 1 is 1.68 bits per heavy atom. The third-order valence-electron chi connectivity index (χ3n) is 3.94. The second kappa shape index (κ2) is 6.81. The first kappa shape index (κ1) is 19.5. The van der Waals surface area contributed by atoms with Gasteiger partial charge in [-0.3, -0.25) is 14.9 Å². The Hall–Kier alpha value is -1.84. The van der Waals surface area contributed by atoms with Gasteiger partial charge in [-0.15, -0.1) is 0 Å². The molecule has 10 heteroatoms. The summed E-state index contributed by atoms with van der Waals surface area (Å²) in [5.74, 6) is -1.57. The van der Waals surface area contributed by atoms with E-state index in [-0.39, 0.29) is 24.3 Å². The third-order valence-corrected chi connectivity index (χ3v) is 4.19. The van der Waals surface area contributed by atoms with E-state index in [4.69, 9.17) is 21.1 Å². The second-order valence-electron chi connectivity index (χ2n) is 6.33. The standard InChI is InChI=1S/C15H18ClFN2O6/c1-8(20)25-11-4-5-24-15(11,7-19(22)23)10-6-9(14(2,3)21)12(17)13(16)18-10/h6,11,21H,4-5,7H2,1-3H3. The van der Waals surface area contributed by atoms with E-state index in [0.717, 1.165) is 6.07 Å². The van der Waals surface area contributed by atoms with Crippen LogP contribution in [0.1, 0.15) is 38.4 Å². The molecule has 1 aliphatic rings. The van der Waals surface area contributed by atoms with E-state index in [0.29, 0.717) is 0 Å². The quantitative estimate of drug-likeness (QED) is 0.361. The number of carbonyl (C=O) groups excluding carboxylic acids is 1. The molecule has 2 rings (SSSR count). The molecule has 1 aliphatic heterocycles. The maximum Gasteiger partial charge on any atom is 0.303 e. The van der Waals surface area contributed by atoms with Crippen LogP contribution in [0, 0.1) is 15.9 Å². The Morgan fingerprint density at radius 2 is 2.32 bits per heavy atom. The molecule has 1 fully saturated rings. The normalized spacial score (nSPS) is 23.5. The van der Waals surface area contributed by atoms with Crippen molar-refractivity contribution in [1.29, 1.82) is 0 Å². The lowest BCUT2D eigenvalue weighted by atomic mass is 9.88. The predicted octanol–water partition coefficient (Wildman–Crippen LogP) is 1.93. The number of hydrogen-bond donors (Lipinski definition) is 1. The van der Waals surface area contributed by atoms with Crippen molar-refractivity contribution in [1.82, 2.24) is 4.98 Å². The van der Waals surface area contributed by atoms with Crippen LogP contribution < -0.4 is 0 Å². The number of rotatable bonds is 5. The molecule has 0 radical (unpaired) electrons. The van der Waals surface area contributed by atoms with Crippen LogP contribution in [0.25, 0.3) is 0 Å². The summed E-state index contributed by atoms with van der Waals surface area (Å²) in [4.78, 5) is 25.8. The lowest BCUT2D eigenvalue weighted by molar-refractivity contribution is -0.505. The Kier molecular flexibility index (Phi) is 5.31. The summed E-state index contributed by atoms with van der Waals surface area (Å²) in [5.41, 5.74) is -3.60. The van der Waals surface area contributed by atoms with Crippen molar-refractivity contribution in [3.63, 3.8) is 0 Å². The molecule has 0 spiro atoms. The molecule has 2 heterocycles. The van der Waals surface area contributed by atoms with E-state index in [1.807, 2.05) is 0 Å². The molecule has 1 saturated heterocycles. The number of ether oxygens (including phenoxy) is 2. The summed E-state index contributed by atoms with van der Waals surface area (Å²) < 4.78 is 25.0. The van der Waals surface area contributed by atoms with E-state index < -0.39 is 45.7 Å². The Labute approximate surface area is 148 Å². The molecular weight excluding hydrogens is 359 g/mol. The van der Waals surface area contributed by atoms with Gasteiger partial charge in [0.25, 0.3) is 0 Å². The summed E-state index contributed by atoms with van der Waals surface area (Å²) >= 11 is 5.83. The first-order valence-corrected chi connectivity index (χ1v) is 7.87.